The SMILES string of the molecule is CC(C)(Cc1cc2ccc(Cl)cc2[nH]1)C(=O)O. The van der Waals surface area contributed by atoms with E-state index in [1.807, 2.05) is 24.3 Å². The first kappa shape index (κ1) is 12.0. The van der Waals surface area contributed by atoms with Gasteiger partial charge >= 0.3 is 5.97 Å². The molecular formula is C13H14ClNO2. The fourth-order valence-corrected chi connectivity index (χ4v) is 1.98. The summed E-state index contributed by atoms with van der Waals surface area (Å²) in [6.45, 7) is 3.43. The molecule has 0 bridgehead atoms. The van der Waals surface area contributed by atoms with Gasteiger partial charge in [0.1, 0.15) is 0 Å². The number of halogens is 1. The zero-order chi connectivity index (χ0) is 12.6. The number of aliphatic carboxylic acids is 1. The maximum Gasteiger partial charge on any atom is 0.309 e. The molecule has 3 nitrogen and oxygen atoms in total. The van der Waals surface area contributed by atoms with Crippen molar-refractivity contribution in [1.82, 2.24) is 4.98 Å². The van der Waals surface area contributed by atoms with E-state index in [4.69, 9.17) is 16.7 Å². The van der Waals surface area contributed by atoms with E-state index in [-0.39, 0.29) is 0 Å². The maximum absolute atomic E-state index is 11.1. The summed E-state index contributed by atoms with van der Waals surface area (Å²) >= 11 is 5.90. The second-order valence-corrected chi connectivity index (χ2v) is 5.33. The summed E-state index contributed by atoms with van der Waals surface area (Å²) in [7, 11) is 0. The van der Waals surface area contributed by atoms with Gasteiger partial charge in [-0.05, 0) is 37.4 Å². The summed E-state index contributed by atoms with van der Waals surface area (Å²) in [6, 6.07) is 7.56. The zero-order valence-corrected chi connectivity index (χ0v) is 10.5. The van der Waals surface area contributed by atoms with Crippen molar-refractivity contribution in [2.45, 2.75) is 20.3 Å². The van der Waals surface area contributed by atoms with E-state index in [1.165, 1.54) is 0 Å². The second kappa shape index (κ2) is 4.08. The van der Waals surface area contributed by atoms with E-state index in [9.17, 15) is 4.79 Å². The van der Waals surface area contributed by atoms with Crippen molar-refractivity contribution in [3.8, 4) is 0 Å². The molecule has 0 aliphatic rings. The van der Waals surface area contributed by atoms with E-state index >= 15 is 0 Å². The first-order valence-electron chi connectivity index (χ1n) is 5.39. The van der Waals surface area contributed by atoms with Crippen molar-refractivity contribution >= 4 is 28.5 Å². The molecule has 0 radical (unpaired) electrons. The Kier molecular flexibility index (Phi) is 2.87. The average molecular weight is 252 g/mol. The normalized spacial score (nSPS) is 11.9. The molecule has 0 atom stereocenters. The van der Waals surface area contributed by atoms with Crippen LogP contribution in [0.1, 0.15) is 19.5 Å². The standard InChI is InChI=1S/C13H14ClNO2/c1-13(2,12(16)17)7-10-5-8-3-4-9(14)6-11(8)15-10/h3-6,15H,7H2,1-2H3,(H,16,17). The number of aromatic amines is 1. The van der Waals surface area contributed by atoms with E-state index in [2.05, 4.69) is 4.98 Å². The third kappa shape index (κ3) is 2.44. The molecule has 2 aromatic rings. The van der Waals surface area contributed by atoms with Crippen molar-refractivity contribution in [3.63, 3.8) is 0 Å². The Bertz CT molecular complexity index is 572. The zero-order valence-electron chi connectivity index (χ0n) is 9.75. The lowest BCUT2D eigenvalue weighted by atomic mass is 9.88. The molecule has 0 amide bonds. The number of hydrogen-bond acceptors (Lipinski definition) is 1. The molecule has 0 aliphatic carbocycles. The van der Waals surface area contributed by atoms with Gasteiger partial charge in [-0.15, -0.1) is 0 Å². The van der Waals surface area contributed by atoms with E-state index in [1.54, 1.807) is 13.8 Å². The first-order chi connectivity index (χ1) is 7.88. The van der Waals surface area contributed by atoms with Crippen LogP contribution in [0.3, 0.4) is 0 Å². The number of carboxylic acids is 1. The molecule has 1 aromatic heterocycles. The van der Waals surface area contributed by atoms with Crippen molar-refractivity contribution in [3.05, 3.63) is 35.0 Å². The summed E-state index contributed by atoms with van der Waals surface area (Å²) in [5.74, 6) is -0.797. The minimum atomic E-state index is -0.797. The molecular weight excluding hydrogens is 238 g/mol. The van der Waals surface area contributed by atoms with Gasteiger partial charge in [0.05, 0.1) is 5.41 Å². The number of carboxylic acid groups (broad SMARTS) is 1. The topological polar surface area (TPSA) is 53.1 Å². The minimum Gasteiger partial charge on any atom is -0.481 e. The third-order valence-corrected chi connectivity index (χ3v) is 3.09. The minimum absolute atomic E-state index is 0.467. The van der Waals surface area contributed by atoms with Crippen LogP contribution in [0.25, 0.3) is 10.9 Å². The van der Waals surface area contributed by atoms with Crippen LogP contribution in [0.5, 0.6) is 0 Å². The quantitative estimate of drug-likeness (QED) is 0.878. The molecule has 0 spiro atoms. The molecule has 0 fully saturated rings. The highest BCUT2D eigenvalue weighted by atomic mass is 35.5. The monoisotopic (exact) mass is 251 g/mol. The molecule has 0 saturated heterocycles. The van der Waals surface area contributed by atoms with Gasteiger partial charge in [0, 0.05) is 22.7 Å². The fourth-order valence-electron chi connectivity index (χ4n) is 1.81. The van der Waals surface area contributed by atoms with Gasteiger partial charge in [-0.1, -0.05) is 17.7 Å². The average Bonchev–Trinajstić information content (AvgIpc) is 2.57. The Morgan fingerprint density at radius 1 is 1.41 bits per heavy atom. The van der Waals surface area contributed by atoms with Crippen molar-refractivity contribution in [2.24, 2.45) is 5.41 Å². The first-order valence-corrected chi connectivity index (χ1v) is 5.77. The number of carbonyl (C=O) groups is 1. The second-order valence-electron chi connectivity index (χ2n) is 4.89. The van der Waals surface area contributed by atoms with Crippen LogP contribution >= 0.6 is 11.6 Å². The number of rotatable bonds is 3. The lowest BCUT2D eigenvalue weighted by Gasteiger charge is -2.17. The number of H-pyrrole nitrogens is 1. The van der Waals surface area contributed by atoms with Crippen molar-refractivity contribution in [1.29, 1.82) is 0 Å². The molecule has 1 heterocycles. The lowest BCUT2D eigenvalue weighted by molar-refractivity contribution is -0.146. The summed E-state index contributed by atoms with van der Waals surface area (Å²) in [5, 5.41) is 10.8. The number of nitrogens with one attached hydrogen (secondary N) is 1. The third-order valence-electron chi connectivity index (χ3n) is 2.85. The highest BCUT2D eigenvalue weighted by Crippen LogP contribution is 2.25. The Morgan fingerprint density at radius 3 is 2.76 bits per heavy atom. The highest BCUT2D eigenvalue weighted by Gasteiger charge is 2.27. The largest absolute Gasteiger partial charge is 0.481 e. The summed E-state index contributed by atoms with van der Waals surface area (Å²) in [4.78, 5) is 14.3. The molecule has 2 N–H and O–H groups in total. The molecule has 17 heavy (non-hydrogen) atoms. The summed E-state index contributed by atoms with van der Waals surface area (Å²) < 4.78 is 0. The van der Waals surface area contributed by atoms with Crippen LogP contribution in [-0.4, -0.2) is 16.1 Å². The molecule has 0 aliphatic heterocycles. The molecule has 2 rings (SSSR count). The van der Waals surface area contributed by atoms with Gasteiger partial charge in [-0.25, -0.2) is 0 Å². The predicted molar refractivity (Wildman–Crippen MR) is 68.4 cm³/mol. The van der Waals surface area contributed by atoms with Crippen LogP contribution in [0, 0.1) is 5.41 Å². The molecule has 1 aromatic carbocycles. The van der Waals surface area contributed by atoms with Crippen LogP contribution in [-0.2, 0) is 11.2 Å². The van der Waals surface area contributed by atoms with Gasteiger partial charge < -0.3 is 10.1 Å². The molecule has 0 saturated carbocycles. The van der Waals surface area contributed by atoms with E-state index in [0.717, 1.165) is 16.6 Å². The number of fused-ring (bicyclic) bond motifs is 1. The van der Waals surface area contributed by atoms with Gasteiger partial charge in [0.15, 0.2) is 0 Å². The predicted octanol–water partition coefficient (Wildman–Crippen LogP) is 3.47. The Morgan fingerprint density at radius 2 is 2.12 bits per heavy atom. The van der Waals surface area contributed by atoms with Gasteiger partial charge in [0.25, 0.3) is 0 Å². The van der Waals surface area contributed by atoms with Crippen molar-refractivity contribution in [2.75, 3.05) is 0 Å². The summed E-state index contributed by atoms with van der Waals surface area (Å²) in [6.07, 6.45) is 0.467. The van der Waals surface area contributed by atoms with Crippen LogP contribution in [0.15, 0.2) is 24.3 Å². The van der Waals surface area contributed by atoms with Crippen LogP contribution in [0.2, 0.25) is 5.02 Å². The Balaban J connectivity index is 2.34. The van der Waals surface area contributed by atoms with Gasteiger partial charge in [-0.3, -0.25) is 4.79 Å². The van der Waals surface area contributed by atoms with Gasteiger partial charge in [-0.2, -0.15) is 0 Å². The summed E-state index contributed by atoms with van der Waals surface area (Å²) in [5.41, 5.74) is 1.08. The molecule has 4 heteroatoms. The molecule has 90 valence electrons. The fraction of sp³-hybridized carbons (Fsp3) is 0.308. The highest BCUT2D eigenvalue weighted by molar-refractivity contribution is 6.31. The number of hydrogen-bond donors (Lipinski definition) is 2. The maximum atomic E-state index is 11.1. The van der Waals surface area contributed by atoms with Crippen LogP contribution in [0.4, 0.5) is 0 Å². The Labute approximate surface area is 104 Å². The lowest BCUT2D eigenvalue weighted by Crippen LogP contribution is -2.26. The molecule has 0 unspecified atom stereocenters. The van der Waals surface area contributed by atoms with Crippen LogP contribution < -0.4 is 0 Å². The van der Waals surface area contributed by atoms with E-state index < -0.39 is 11.4 Å². The number of aromatic nitrogens is 1. The van der Waals surface area contributed by atoms with Gasteiger partial charge in [0.2, 0.25) is 0 Å². The van der Waals surface area contributed by atoms with Crippen molar-refractivity contribution < 1.29 is 9.90 Å². The smallest absolute Gasteiger partial charge is 0.309 e. The Hall–Kier alpha value is -1.48. The number of benzene rings is 1. The van der Waals surface area contributed by atoms with E-state index in [0.29, 0.717) is 11.4 Å².